The van der Waals surface area contributed by atoms with Gasteiger partial charge in [0.25, 0.3) is 0 Å². The van der Waals surface area contributed by atoms with Crippen molar-refractivity contribution in [1.82, 2.24) is 0 Å². The molecule has 0 heterocycles. The third kappa shape index (κ3) is 4.90. The number of rotatable bonds is 7. The summed E-state index contributed by atoms with van der Waals surface area (Å²) >= 11 is 0. The number of benzene rings is 4. The molecular formula is C28H26O2. The average molecular weight is 395 g/mol. The van der Waals surface area contributed by atoms with Gasteiger partial charge in [-0.1, -0.05) is 72.8 Å². The van der Waals surface area contributed by atoms with Crippen LogP contribution >= 0.6 is 0 Å². The normalized spacial score (nSPS) is 10.6. The minimum atomic E-state index is 0.558. The first-order chi connectivity index (χ1) is 14.7. The lowest BCUT2D eigenvalue weighted by molar-refractivity contribution is 0.306. The summed E-state index contributed by atoms with van der Waals surface area (Å²) in [6.45, 7) is 5.38. The van der Waals surface area contributed by atoms with E-state index in [1.165, 1.54) is 22.3 Å². The van der Waals surface area contributed by atoms with Gasteiger partial charge in [0.15, 0.2) is 0 Å². The Labute approximate surface area is 178 Å². The second-order valence-corrected chi connectivity index (χ2v) is 7.50. The maximum atomic E-state index is 6.05. The highest BCUT2D eigenvalue weighted by atomic mass is 16.5. The van der Waals surface area contributed by atoms with Crippen LogP contribution in [0, 0.1) is 13.8 Å². The van der Waals surface area contributed by atoms with E-state index in [-0.39, 0.29) is 0 Å². The lowest BCUT2D eigenvalue weighted by atomic mass is 9.96. The molecule has 4 aromatic rings. The first-order valence-corrected chi connectivity index (χ1v) is 10.2. The number of hydrogen-bond acceptors (Lipinski definition) is 2. The fourth-order valence-corrected chi connectivity index (χ4v) is 3.44. The molecule has 30 heavy (non-hydrogen) atoms. The lowest BCUT2D eigenvalue weighted by Crippen LogP contribution is -1.97. The van der Waals surface area contributed by atoms with E-state index in [0.717, 1.165) is 22.6 Å². The molecule has 4 aromatic carbocycles. The van der Waals surface area contributed by atoms with Crippen molar-refractivity contribution < 1.29 is 9.47 Å². The van der Waals surface area contributed by atoms with Crippen LogP contribution in [0.3, 0.4) is 0 Å². The van der Waals surface area contributed by atoms with Gasteiger partial charge >= 0.3 is 0 Å². The van der Waals surface area contributed by atoms with E-state index in [0.29, 0.717) is 13.2 Å². The van der Waals surface area contributed by atoms with Crippen LogP contribution in [0.25, 0.3) is 11.1 Å². The summed E-state index contributed by atoms with van der Waals surface area (Å²) in [4.78, 5) is 0. The summed E-state index contributed by atoms with van der Waals surface area (Å²) in [6.07, 6.45) is 0. The van der Waals surface area contributed by atoms with Gasteiger partial charge in [-0.05, 0) is 71.5 Å². The van der Waals surface area contributed by atoms with Crippen LogP contribution < -0.4 is 9.47 Å². The highest BCUT2D eigenvalue weighted by Crippen LogP contribution is 2.33. The lowest BCUT2D eigenvalue weighted by Gasteiger charge is -2.15. The minimum Gasteiger partial charge on any atom is -0.489 e. The number of hydrogen-bond donors (Lipinski definition) is 0. The largest absolute Gasteiger partial charge is 0.489 e. The van der Waals surface area contributed by atoms with Crippen molar-refractivity contribution in [3.05, 3.63) is 119 Å². The van der Waals surface area contributed by atoms with Gasteiger partial charge in [0.2, 0.25) is 0 Å². The predicted octanol–water partition coefficient (Wildman–Crippen LogP) is 7.13. The van der Waals surface area contributed by atoms with E-state index in [1.807, 2.05) is 48.5 Å². The van der Waals surface area contributed by atoms with Crippen molar-refractivity contribution in [3.8, 4) is 22.6 Å². The Balaban J connectivity index is 1.54. The van der Waals surface area contributed by atoms with Crippen molar-refractivity contribution in [2.75, 3.05) is 0 Å². The van der Waals surface area contributed by atoms with E-state index < -0.39 is 0 Å². The Morgan fingerprint density at radius 1 is 0.500 bits per heavy atom. The Hall–Kier alpha value is -3.52. The molecule has 0 unspecified atom stereocenters. The summed E-state index contributed by atoms with van der Waals surface area (Å²) in [7, 11) is 0. The third-order valence-electron chi connectivity index (χ3n) is 5.20. The summed E-state index contributed by atoms with van der Waals surface area (Å²) in [5.74, 6) is 1.74. The van der Waals surface area contributed by atoms with Gasteiger partial charge in [-0.3, -0.25) is 0 Å². The van der Waals surface area contributed by atoms with Crippen molar-refractivity contribution in [1.29, 1.82) is 0 Å². The Morgan fingerprint density at radius 2 is 0.900 bits per heavy atom. The average Bonchev–Trinajstić information content (AvgIpc) is 2.79. The SMILES string of the molecule is Cc1ccc(OCc2ccccc2)cc1-c1cc(OCc2ccccc2)ccc1C. The summed E-state index contributed by atoms with van der Waals surface area (Å²) in [5.41, 5.74) is 7.08. The second kappa shape index (κ2) is 9.32. The molecule has 0 atom stereocenters. The molecule has 0 spiro atoms. The molecule has 4 rings (SSSR count). The molecule has 0 saturated heterocycles. The van der Waals surface area contributed by atoms with Crippen LogP contribution in [-0.2, 0) is 13.2 Å². The third-order valence-corrected chi connectivity index (χ3v) is 5.20. The van der Waals surface area contributed by atoms with Gasteiger partial charge in [0.1, 0.15) is 24.7 Å². The molecule has 0 aromatic heterocycles. The maximum Gasteiger partial charge on any atom is 0.120 e. The van der Waals surface area contributed by atoms with Crippen molar-refractivity contribution in [2.45, 2.75) is 27.1 Å². The molecule has 0 amide bonds. The zero-order valence-electron chi connectivity index (χ0n) is 17.5. The molecule has 0 bridgehead atoms. The molecule has 0 radical (unpaired) electrons. The van der Waals surface area contributed by atoms with Gasteiger partial charge in [-0.2, -0.15) is 0 Å². The second-order valence-electron chi connectivity index (χ2n) is 7.50. The fraction of sp³-hybridized carbons (Fsp3) is 0.143. The fourth-order valence-electron chi connectivity index (χ4n) is 3.44. The molecule has 0 aliphatic carbocycles. The predicted molar refractivity (Wildman–Crippen MR) is 123 cm³/mol. The zero-order chi connectivity index (χ0) is 20.8. The summed E-state index contributed by atoms with van der Waals surface area (Å²) in [6, 6.07) is 33.0. The van der Waals surface area contributed by atoms with E-state index in [2.05, 4.69) is 62.4 Å². The molecule has 0 saturated carbocycles. The molecular weight excluding hydrogens is 368 g/mol. The van der Waals surface area contributed by atoms with Crippen LogP contribution in [-0.4, -0.2) is 0 Å². The van der Waals surface area contributed by atoms with E-state index in [9.17, 15) is 0 Å². The van der Waals surface area contributed by atoms with E-state index in [1.54, 1.807) is 0 Å². The van der Waals surface area contributed by atoms with Crippen LogP contribution in [0.5, 0.6) is 11.5 Å². The monoisotopic (exact) mass is 394 g/mol. The maximum absolute atomic E-state index is 6.05. The molecule has 0 aliphatic heterocycles. The van der Waals surface area contributed by atoms with Crippen LogP contribution in [0.4, 0.5) is 0 Å². The van der Waals surface area contributed by atoms with E-state index in [4.69, 9.17) is 9.47 Å². The Kier molecular flexibility index (Phi) is 6.14. The summed E-state index contributed by atoms with van der Waals surface area (Å²) < 4.78 is 12.1. The van der Waals surface area contributed by atoms with Gasteiger partial charge in [-0.15, -0.1) is 0 Å². The molecule has 2 heteroatoms. The van der Waals surface area contributed by atoms with Gasteiger partial charge < -0.3 is 9.47 Å². The van der Waals surface area contributed by atoms with Crippen molar-refractivity contribution in [2.24, 2.45) is 0 Å². The van der Waals surface area contributed by atoms with Crippen molar-refractivity contribution in [3.63, 3.8) is 0 Å². The van der Waals surface area contributed by atoms with Crippen molar-refractivity contribution >= 4 is 0 Å². The smallest absolute Gasteiger partial charge is 0.120 e. The van der Waals surface area contributed by atoms with Gasteiger partial charge in [-0.25, -0.2) is 0 Å². The molecule has 0 fully saturated rings. The first kappa shape index (κ1) is 19.8. The van der Waals surface area contributed by atoms with Gasteiger partial charge in [0.05, 0.1) is 0 Å². The Bertz CT molecular complexity index is 1010. The quantitative estimate of drug-likeness (QED) is 0.332. The highest BCUT2D eigenvalue weighted by Gasteiger charge is 2.09. The topological polar surface area (TPSA) is 18.5 Å². The van der Waals surface area contributed by atoms with Crippen LogP contribution in [0.1, 0.15) is 22.3 Å². The molecule has 0 aliphatic rings. The first-order valence-electron chi connectivity index (χ1n) is 10.2. The Morgan fingerprint density at radius 3 is 1.30 bits per heavy atom. The van der Waals surface area contributed by atoms with Gasteiger partial charge in [0, 0.05) is 0 Å². The standard InChI is InChI=1S/C28H26O2/c1-21-13-15-25(29-19-23-9-5-3-6-10-23)17-27(21)28-18-26(16-14-22(28)2)30-20-24-11-7-4-8-12-24/h3-18H,19-20H2,1-2H3. The van der Waals surface area contributed by atoms with Crippen LogP contribution in [0.15, 0.2) is 97.1 Å². The summed E-state index contributed by atoms with van der Waals surface area (Å²) in [5, 5.41) is 0. The number of aryl methyl sites for hydroxylation is 2. The zero-order valence-corrected chi connectivity index (χ0v) is 17.5. The molecule has 2 nitrogen and oxygen atoms in total. The molecule has 150 valence electrons. The molecule has 0 N–H and O–H groups in total. The highest BCUT2D eigenvalue weighted by molar-refractivity contribution is 5.73. The minimum absolute atomic E-state index is 0.558. The number of ether oxygens (including phenoxy) is 2. The van der Waals surface area contributed by atoms with E-state index >= 15 is 0 Å². The van der Waals surface area contributed by atoms with Crippen LogP contribution in [0.2, 0.25) is 0 Å².